The van der Waals surface area contributed by atoms with Gasteiger partial charge in [-0.1, -0.05) is 18.5 Å². The molecule has 2 nitrogen and oxygen atoms in total. The first-order valence-corrected chi connectivity index (χ1v) is 7.95. The number of benzene rings is 1. The molecular weight excluding hydrogens is 295 g/mol. The molecule has 0 spiro atoms. The summed E-state index contributed by atoms with van der Waals surface area (Å²) in [5, 5.41) is 4.03. The van der Waals surface area contributed by atoms with Crippen LogP contribution in [0.3, 0.4) is 0 Å². The summed E-state index contributed by atoms with van der Waals surface area (Å²) in [7, 11) is 0. The van der Waals surface area contributed by atoms with Gasteiger partial charge in [0.15, 0.2) is 0 Å². The predicted octanol–water partition coefficient (Wildman–Crippen LogP) is 4.53. The summed E-state index contributed by atoms with van der Waals surface area (Å²) in [6.45, 7) is 4.99. The van der Waals surface area contributed by atoms with Crippen molar-refractivity contribution in [1.29, 1.82) is 0 Å². The lowest BCUT2D eigenvalue weighted by Crippen LogP contribution is -2.24. The van der Waals surface area contributed by atoms with Crippen molar-refractivity contribution in [3.63, 3.8) is 0 Å². The molecule has 0 amide bonds. The van der Waals surface area contributed by atoms with E-state index in [1.807, 2.05) is 12.4 Å². The zero-order valence-corrected chi connectivity index (χ0v) is 13.2. The fourth-order valence-corrected chi connectivity index (χ4v) is 3.21. The number of halogens is 2. The van der Waals surface area contributed by atoms with E-state index in [4.69, 9.17) is 11.6 Å². The highest BCUT2D eigenvalue weighted by Gasteiger charge is 2.18. The van der Waals surface area contributed by atoms with Crippen molar-refractivity contribution in [2.75, 3.05) is 6.54 Å². The van der Waals surface area contributed by atoms with E-state index in [9.17, 15) is 4.39 Å². The van der Waals surface area contributed by atoms with Crippen LogP contribution in [-0.2, 0) is 6.42 Å². The van der Waals surface area contributed by atoms with E-state index < -0.39 is 0 Å². The fourth-order valence-electron chi connectivity index (χ4n) is 2.14. The summed E-state index contributed by atoms with van der Waals surface area (Å²) in [6.07, 6.45) is 1.61. The molecule has 1 aromatic heterocycles. The summed E-state index contributed by atoms with van der Waals surface area (Å²) in [6, 6.07) is 4.78. The normalized spacial score (nSPS) is 12.6. The summed E-state index contributed by atoms with van der Waals surface area (Å²) in [4.78, 5) is 5.45. The predicted molar refractivity (Wildman–Crippen MR) is 83.0 cm³/mol. The number of hydrogen-bond donors (Lipinski definition) is 1. The van der Waals surface area contributed by atoms with Crippen LogP contribution >= 0.6 is 22.9 Å². The zero-order chi connectivity index (χ0) is 14.5. The van der Waals surface area contributed by atoms with Gasteiger partial charge in [-0.25, -0.2) is 9.37 Å². The lowest BCUT2D eigenvalue weighted by molar-refractivity contribution is 0.517. The molecule has 2 aromatic rings. The van der Waals surface area contributed by atoms with Gasteiger partial charge in [0.05, 0.1) is 11.2 Å². The summed E-state index contributed by atoms with van der Waals surface area (Å²) in [5.74, 6) is -0.208. The van der Waals surface area contributed by atoms with Crippen LogP contribution in [0.1, 0.15) is 35.5 Å². The van der Waals surface area contributed by atoms with Crippen LogP contribution in [0.25, 0.3) is 0 Å². The SMILES string of the molecule is CCCNC(Cc1cc(Cl)ccc1F)c1scnc1C. The van der Waals surface area contributed by atoms with Crippen molar-refractivity contribution in [2.24, 2.45) is 0 Å². The number of hydrogen-bond acceptors (Lipinski definition) is 3. The Kier molecular flexibility index (Phi) is 5.52. The van der Waals surface area contributed by atoms with E-state index in [-0.39, 0.29) is 11.9 Å². The lowest BCUT2D eigenvalue weighted by atomic mass is 10.0. The Hall–Kier alpha value is -0.970. The van der Waals surface area contributed by atoms with Gasteiger partial charge in [-0.05, 0) is 50.1 Å². The van der Waals surface area contributed by atoms with E-state index in [2.05, 4.69) is 17.2 Å². The van der Waals surface area contributed by atoms with Crippen LogP contribution in [0.2, 0.25) is 5.02 Å². The molecule has 0 aliphatic carbocycles. The van der Waals surface area contributed by atoms with Gasteiger partial charge >= 0.3 is 0 Å². The highest BCUT2D eigenvalue weighted by atomic mass is 35.5. The molecule has 1 unspecified atom stereocenters. The van der Waals surface area contributed by atoms with Gasteiger partial charge in [-0.2, -0.15) is 0 Å². The maximum absolute atomic E-state index is 13.9. The number of aromatic nitrogens is 1. The quantitative estimate of drug-likeness (QED) is 0.848. The Balaban J connectivity index is 2.23. The van der Waals surface area contributed by atoms with Gasteiger partial charge in [0.1, 0.15) is 5.82 Å². The number of nitrogens with zero attached hydrogens (tertiary/aromatic N) is 1. The second-order valence-electron chi connectivity index (χ2n) is 4.75. The van der Waals surface area contributed by atoms with Gasteiger partial charge in [0.25, 0.3) is 0 Å². The Morgan fingerprint density at radius 3 is 2.90 bits per heavy atom. The van der Waals surface area contributed by atoms with Gasteiger partial charge in [-0.3, -0.25) is 0 Å². The van der Waals surface area contributed by atoms with Crippen molar-refractivity contribution in [3.8, 4) is 0 Å². The van der Waals surface area contributed by atoms with E-state index in [0.29, 0.717) is 17.0 Å². The third kappa shape index (κ3) is 3.78. The molecule has 0 fully saturated rings. The molecule has 0 aliphatic heterocycles. The van der Waals surface area contributed by atoms with Gasteiger partial charge in [0.2, 0.25) is 0 Å². The molecule has 1 atom stereocenters. The first-order valence-electron chi connectivity index (χ1n) is 6.69. The molecule has 20 heavy (non-hydrogen) atoms. The molecule has 1 heterocycles. The summed E-state index contributed by atoms with van der Waals surface area (Å²) in [5.41, 5.74) is 3.48. The first kappa shape index (κ1) is 15.4. The fraction of sp³-hybridized carbons (Fsp3) is 0.400. The molecule has 0 saturated heterocycles. The second kappa shape index (κ2) is 7.16. The maximum Gasteiger partial charge on any atom is 0.126 e. The minimum absolute atomic E-state index is 0.0791. The van der Waals surface area contributed by atoms with E-state index >= 15 is 0 Å². The van der Waals surface area contributed by atoms with E-state index in [1.165, 1.54) is 6.07 Å². The molecule has 0 aliphatic rings. The van der Waals surface area contributed by atoms with Crippen LogP contribution in [0.5, 0.6) is 0 Å². The Morgan fingerprint density at radius 2 is 2.25 bits per heavy atom. The number of aryl methyl sites for hydroxylation is 1. The molecule has 0 radical (unpaired) electrons. The molecule has 108 valence electrons. The molecule has 1 N–H and O–H groups in total. The maximum atomic E-state index is 13.9. The average Bonchev–Trinajstić information content (AvgIpc) is 2.84. The highest BCUT2D eigenvalue weighted by molar-refractivity contribution is 7.09. The summed E-state index contributed by atoms with van der Waals surface area (Å²) < 4.78 is 13.9. The molecule has 1 aromatic carbocycles. The van der Waals surface area contributed by atoms with Crippen LogP contribution in [0, 0.1) is 12.7 Å². The number of nitrogens with one attached hydrogen (secondary N) is 1. The zero-order valence-electron chi connectivity index (χ0n) is 11.6. The van der Waals surface area contributed by atoms with Crippen molar-refractivity contribution < 1.29 is 4.39 Å². The molecular formula is C15H18ClFN2S. The summed E-state index contributed by atoms with van der Waals surface area (Å²) >= 11 is 7.57. The Labute approximate surface area is 128 Å². The third-order valence-corrected chi connectivity index (χ3v) is 4.45. The van der Waals surface area contributed by atoms with Crippen LogP contribution in [0.15, 0.2) is 23.7 Å². The highest BCUT2D eigenvalue weighted by Crippen LogP contribution is 2.27. The van der Waals surface area contributed by atoms with Crippen molar-refractivity contribution in [3.05, 3.63) is 50.7 Å². The number of rotatable bonds is 6. The van der Waals surface area contributed by atoms with Crippen LogP contribution < -0.4 is 5.32 Å². The van der Waals surface area contributed by atoms with Crippen molar-refractivity contribution >= 4 is 22.9 Å². The van der Waals surface area contributed by atoms with E-state index in [1.54, 1.807) is 23.5 Å². The lowest BCUT2D eigenvalue weighted by Gasteiger charge is -2.18. The minimum Gasteiger partial charge on any atom is -0.309 e. The molecule has 5 heteroatoms. The molecule has 0 bridgehead atoms. The van der Waals surface area contributed by atoms with Gasteiger partial charge in [0, 0.05) is 15.9 Å². The first-order chi connectivity index (χ1) is 9.61. The largest absolute Gasteiger partial charge is 0.309 e. The number of thiazole rings is 1. The van der Waals surface area contributed by atoms with Crippen LogP contribution in [0.4, 0.5) is 4.39 Å². The second-order valence-corrected chi connectivity index (χ2v) is 6.07. The minimum atomic E-state index is -0.208. The van der Waals surface area contributed by atoms with Crippen molar-refractivity contribution in [1.82, 2.24) is 10.3 Å². The smallest absolute Gasteiger partial charge is 0.126 e. The van der Waals surface area contributed by atoms with Gasteiger partial charge in [-0.15, -0.1) is 11.3 Å². The van der Waals surface area contributed by atoms with Crippen LogP contribution in [-0.4, -0.2) is 11.5 Å². The molecule has 2 rings (SSSR count). The third-order valence-electron chi connectivity index (χ3n) is 3.17. The van der Waals surface area contributed by atoms with E-state index in [0.717, 1.165) is 23.5 Å². The topological polar surface area (TPSA) is 24.9 Å². The monoisotopic (exact) mass is 312 g/mol. The Morgan fingerprint density at radius 1 is 1.45 bits per heavy atom. The molecule has 0 saturated carbocycles. The average molecular weight is 313 g/mol. The van der Waals surface area contributed by atoms with Crippen molar-refractivity contribution in [2.45, 2.75) is 32.7 Å². The Bertz CT molecular complexity index is 571. The van der Waals surface area contributed by atoms with Gasteiger partial charge < -0.3 is 5.32 Å². The standard InChI is InChI=1S/C15H18ClFN2S/c1-3-6-18-14(15-10(2)19-9-20-15)8-11-7-12(16)4-5-13(11)17/h4-5,7,9,14,18H,3,6,8H2,1-2H3.